The first kappa shape index (κ1) is 17.5. The third-order valence-electron chi connectivity index (χ3n) is 3.49. The molecular weight excluding hydrogens is 403 g/mol. The van der Waals surface area contributed by atoms with Crippen LogP contribution in [-0.2, 0) is 14.2 Å². The zero-order chi connectivity index (χ0) is 16.1. The van der Waals surface area contributed by atoms with Crippen molar-refractivity contribution in [3.05, 3.63) is 29.8 Å². The number of hydrogen-bond acceptors (Lipinski definition) is 6. The van der Waals surface area contributed by atoms with Gasteiger partial charge in [-0.15, -0.1) is 0 Å². The van der Waals surface area contributed by atoms with Gasteiger partial charge in [0.25, 0.3) is 0 Å². The van der Waals surface area contributed by atoms with Crippen molar-refractivity contribution in [1.82, 2.24) is 0 Å². The molecule has 1 heterocycles. The lowest BCUT2D eigenvalue weighted by molar-refractivity contribution is -0.234. The Morgan fingerprint density at radius 1 is 1.36 bits per heavy atom. The number of hydrogen-bond donors (Lipinski definition) is 1. The highest BCUT2D eigenvalue weighted by Crippen LogP contribution is 2.26. The molecule has 122 valence electrons. The molecule has 0 aromatic heterocycles. The molecule has 1 aromatic carbocycles. The van der Waals surface area contributed by atoms with E-state index < -0.39 is 30.6 Å². The average Bonchev–Trinajstić information content (AvgIpc) is 2.56. The average molecular weight is 422 g/mol. The standard InChI is InChI=1S/C15H19IO6/c1-19-10-5-3-9(4-6-10)15(18)22-14-11(17)7-13(20-2)21-12(14)8-16/h3-6,11-14,17H,7-8H2,1-2H3/t11-,12+,13-,14-/m0/s1. The van der Waals surface area contributed by atoms with Gasteiger partial charge in [-0.25, -0.2) is 4.79 Å². The topological polar surface area (TPSA) is 74.2 Å². The van der Waals surface area contributed by atoms with E-state index in [1.807, 2.05) is 0 Å². The highest BCUT2D eigenvalue weighted by Gasteiger charge is 2.40. The maximum absolute atomic E-state index is 12.2. The van der Waals surface area contributed by atoms with Crippen molar-refractivity contribution in [2.24, 2.45) is 0 Å². The summed E-state index contributed by atoms with van der Waals surface area (Å²) in [7, 11) is 3.08. The van der Waals surface area contributed by atoms with Gasteiger partial charge in [-0.2, -0.15) is 0 Å². The Labute approximate surface area is 142 Å². The van der Waals surface area contributed by atoms with E-state index in [0.717, 1.165) is 0 Å². The molecule has 4 atom stereocenters. The molecule has 1 aromatic rings. The highest BCUT2D eigenvalue weighted by atomic mass is 127. The van der Waals surface area contributed by atoms with Gasteiger partial charge in [0.05, 0.1) is 18.8 Å². The second kappa shape index (κ2) is 8.09. The maximum atomic E-state index is 12.2. The number of rotatable bonds is 5. The molecule has 0 saturated carbocycles. The summed E-state index contributed by atoms with van der Waals surface area (Å²) in [6, 6.07) is 6.60. The first-order chi connectivity index (χ1) is 10.6. The predicted molar refractivity (Wildman–Crippen MR) is 87.4 cm³/mol. The van der Waals surface area contributed by atoms with Crippen molar-refractivity contribution in [2.45, 2.75) is 31.0 Å². The minimum Gasteiger partial charge on any atom is -0.497 e. The van der Waals surface area contributed by atoms with Crippen LogP contribution in [0, 0.1) is 0 Å². The van der Waals surface area contributed by atoms with E-state index in [0.29, 0.717) is 15.7 Å². The monoisotopic (exact) mass is 422 g/mol. The fraction of sp³-hybridized carbons (Fsp3) is 0.533. The highest BCUT2D eigenvalue weighted by molar-refractivity contribution is 14.1. The van der Waals surface area contributed by atoms with Crippen molar-refractivity contribution in [3.63, 3.8) is 0 Å². The van der Waals surface area contributed by atoms with Crippen molar-refractivity contribution in [3.8, 4) is 5.75 Å². The van der Waals surface area contributed by atoms with E-state index >= 15 is 0 Å². The number of aliphatic hydroxyl groups excluding tert-OH is 1. The summed E-state index contributed by atoms with van der Waals surface area (Å²) < 4.78 is 21.8. The van der Waals surface area contributed by atoms with E-state index in [1.165, 1.54) is 7.11 Å². The molecule has 1 N–H and O–H groups in total. The Morgan fingerprint density at radius 3 is 2.59 bits per heavy atom. The number of halogens is 1. The molecule has 6 nitrogen and oxygen atoms in total. The van der Waals surface area contributed by atoms with Gasteiger partial charge in [-0.1, -0.05) is 22.6 Å². The normalized spacial score (nSPS) is 28.2. The van der Waals surface area contributed by atoms with Crippen molar-refractivity contribution >= 4 is 28.6 Å². The van der Waals surface area contributed by atoms with Crippen LogP contribution in [0.3, 0.4) is 0 Å². The van der Waals surface area contributed by atoms with E-state index in [9.17, 15) is 9.90 Å². The quantitative estimate of drug-likeness (QED) is 0.443. The van der Waals surface area contributed by atoms with Gasteiger partial charge in [0.2, 0.25) is 0 Å². The molecule has 0 unspecified atom stereocenters. The first-order valence-electron chi connectivity index (χ1n) is 6.86. The van der Waals surface area contributed by atoms with Gasteiger partial charge in [0.15, 0.2) is 12.4 Å². The van der Waals surface area contributed by atoms with Crippen LogP contribution in [0.25, 0.3) is 0 Å². The zero-order valence-electron chi connectivity index (χ0n) is 12.4. The largest absolute Gasteiger partial charge is 0.497 e. The fourth-order valence-electron chi connectivity index (χ4n) is 2.26. The number of esters is 1. The molecule has 0 radical (unpaired) electrons. The Kier molecular flexibility index (Phi) is 6.42. The van der Waals surface area contributed by atoms with Crippen molar-refractivity contribution < 1.29 is 28.8 Å². The molecule has 2 rings (SSSR count). The number of methoxy groups -OCH3 is 2. The summed E-state index contributed by atoms with van der Waals surface area (Å²) in [6.07, 6.45) is -2.15. The number of carbonyl (C=O) groups is 1. The summed E-state index contributed by atoms with van der Waals surface area (Å²) in [4.78, 5) is 12.2. The van der Waals surface area contributed by atoms with Crippen molar-refractivity contribution in [2.75, 3.05) is 18.6 Å². The summed E-state index contributed by atoms with van der Waals surface area (Å²) in [6.45, 7) is 0. The van der Waals surface area contributed by atoms with Gasteiger partial charge in [-0.3, -0.25) is 0 Å². The van der Waals surface area contributed by atoms with E-state index in [2.05, 4.69) is 22.6 Å². The molecule has 0 aliphatic carbocycles. The second-order valence-corrected chi connectivity index (χ2v) is 5.78. The fourth-order valence-corrected chi connectivity index (χ4v) is 2.96. The van der Waals surface area contributed by atoms with Gasteiger partial charge in [-0.05, 0) is 24.3 Å². The van der Waals surface area contributed by atoms with E-state index in [1.54, 1.807) is 31.4 Å². The minimum atomic E-state index is -0.819. The van der Waals surface area contributed by atoms with Crippen molar-refractivity contribution in [1.29, 1.82) is 0 Å². The lowest BCUT2D eigenvalue weighted by Crippen LogP contribution is -2.51. The van der Waals surface area contributed by atoms with Crippen LogP contribution in [0.1, 0.15) is 16.8 Å². The molecule has 1 aliphatic heterocycles. The number of aliphatic hydroxyl groups is 1. The Bertz CT molecular complexity index is 491. The summed E-state index contributed by atoms with van der Waals surface area (Å²) in [5, 5.41) is 10.2. The van der Waals surface area contributed by atoms with Crippen LogP contribution in [0.2, 0.25) is 0 Å². The minimum absolute atomic E-state index is 0.268. The summed E-state index contributed by atoms with van der Waals surface area (Å²) >= 11 is 2.13. The SMILES string of the molecule is COc1ccc(C(=O)O[C@H]2[C@@H](O)C[C@@H](OC)O[C@@H]2CI)cc1. The number of carbonyl (C=O) groups excluding carboxylic acids is 1. The third kappa shape index (κ3) is 4.09. The van der Waals surface area contributed by atoms with Crippen LogP contribution in [0.5, 0.6) is 5.75 Å². The van der Waals surface area contributed by atoms with Gasteiger partial charge < -0.3 is 24.1 Å². The molecule has 0 spiro atoms. The van der Waals surface area contributed by atoms with E-state index in [-0.39, 0.29) is 6.42 Å². The molecule has 1 fully saturated rings. The van der Waals surface area contributed by atoms with Gasteiger partial charge >= 0.3 is 5.97 Å². The Morgan fingerprint density at radius 2 is 2.05 bits per heavy atom. The zero-order valence-corrected chi connectivity index (χ0v) is 14.6. The van der Waals surface area contributed by atoms with Crippen LogP contribution < -0.4 is 4.74 Å². The van der Waals surface area contributed by atoms with Gasteiger partial charge in [0.1, 0.15) is 11.9 Å². The van der Waals surface area contributed by atoms with Crippen LogP contribution in [0.4, 0.5) is 0 Å². The Balaban J connectivity index is 2.05. The smallest absolute Gasteiger partial charge is 0.338 e. The van der Waals surface area contributed by atoms with Gasteiger partial charge in [0, 0.05) is 18.0 Å². The molecule has 0 bridgehead atoms. The third-order valence-corrected chi connectivity index (χ3v) is 4.36. The van der Waals surface area contributed by atoms with Crippen LogP contribution >= 0.6 is 22.6 Å². The lowest BCUT2D eigenvalue weighted by atomic mass is 10.0. The number of benzene rings is 1. The molecule has 1 aliphatic rings. The summed E-state index contributed by atoms with van der Waals surface area (Å²) in [5.41, 5.74) is 0.397. The van der Waals surface area contributed by atoms with Crippen LogP contribution in [0.15, 0.2) is 24.3 Å². The predicted octanol–water partition coefficient (Wildman–Crippen LogP) is 1.78. The van der Waals surface area contributed by atoms with Crippen LogP contribution in [-0.4, -0.2) is 54.3 Å². The summed E-state index contributed by atoms with van der Waals surface area (Å²) in [5.74, 6) is 0.159. The lowest BCUT2D eigenvalue weighted by Gasteiger charge is -2.37. The molecule has 22 heavy (non-hydrogen) atoms. The first-order valence-corrected chi connectivity index (χ1v) is 8.39. The number of ether oxygens (including phenoxy) is 4. The Hall–Kier alpha value is -0.900. The number of alkyl halides is 1. The molecular formula is C15H19IO6. The second-order valence-electron chi connectivity index (χ2n) is 4.90. The maximum Gasteiger partial charge on any atom is 0.338 e. The molecule has 0 amide bonds. The van der Waals surface area contributed by atoms with E-state index in [4.69, 9.17) is 18.9 Å². The molecule has 1 saturated heterocycles. The molecule has 7 heteroatoms.